The normalized spacial score (nSPS) is 15.2. The number of amides is 3. The first-order valence-electron chi connectivity index (χ1n) is 11.4. The molecule has 2 aromatic rings. The van der Waals surface area contributed by atoms with Crippen LogP contribution in [0, 0.1) is 11.8 Å². The standard InChI is InChI=1S/C24H36N4O2/c1-5-18(6-2)23(29)27-13-10-20(11-14-27)25-24(30)26-21-7-8-22-19(15-21)9-12-28(22)16-17(3)4/h7-9,12,15,17-18,20H,5-6,10-11,13-14,16H2,1-4H3,(H2,25,26,30). The van der Waals surface area contributed by atoms with Gasteiger partial charge >= 0.3 is 6.03 Å². The van der Waals surface area contributed by atoms with Gasteiger partial charge in [0.05, 0.1) is 0 Å². The van der Waals surface area contributed by atoms with Crippen LogP contribution >= 0.6 is 0 Å². The van der Waals surface area contributed by atoms with Crippen LogP contribution in [0.5, 0.6) is 0 Å². The molecule has 1 saturated heterocycles. The van der Waals surface area contributed by atoms with Gasteiger partial charge in [-0.05, 0) is 55.9 Å². The molecule has 3 rings (SSSR count). The second-order valence-electron chi connectivity index (χ2n) is 8.85. The smallest absolute Gasteiger partial charge is 0.319 e. The molecule has 3 amide bonds. The van der Waals surface area contributed by atoms with Gasteiger partial charge in [0.2, 0.25) is 5.91 Å². The minimum absolute atomic E-state index is 0.103. The van der Waals surface area contributed by atoms with E-state index < -0.39 is 0 Å². The summed E-state index contributed by atoms with van der Waals surface area (Å²) in [6.45, 7) is 11.0. The van der Waals surface area contributed by atoms with E-state index in [2.05, 4.69) is 61.2 Å². The molecule has 0 atom stereocenters. The first-order chi connectivity index (χ1) is 14.4. The summed E-state index contributed by atoms with van der Waals surface area (Å²) in [4.78, 5) is 27.0. The molecule has 6 heteroatoms. The number of fused-ring (bicyclic) bond motifs is 1. The van der Waals surface area contributed by atoms with Gasteiger partial charge in [-0.2, -0.15) is 0 Å². The number of rotatable bonds is 7. The first kappa shape index (κ1) is 22.2. The van der Waals surface area contributed by atoms with E-state index in [0.29, 0.717) is 5.92 Å². The molecule has 1 aromatic heterocycles. The lowest BCUT2D eigenvalue weighted by Gasteiger charge is -2.34. The Labute approximate surface area is 180 Å². The summed E-state index contributed by atoms with van der Waals surface area (Å²) in [6, 6.07) is 8.05. The molecule has 2 heterocycles. The Morgan fingerprint density at radius 2 is 1.80 bits per heavy atom. The monoisotopic (exact) mass is 412 g/mol. The number of hydrogen-bond donors (Lipinski definition) is 2. The van der Waals surface area contributed by atoms with Gasteiger partial charge in [0.25, 0.3) is 0 Å². The molecule has 2 N–H and O–H groups in total. The van der Waals surface area contributed by atoms with Crippen LogP contribution in [0.15, 0.2) is 30.5 Å². The number of hydrogen-bond acceptors (Lipinski definition) is 2. The molecule has 1 aliphatic rings. The van der Waals surface area contributed by atoms with Crippen LogP contribution in [0.3, 0.4) is 0 Å². The van der Waals surface area contributed by atoms with E-state index in [1.165, 1.54) is 5.52 Å². The van der Waals surface area contributed by atoms with E-state index in [0.717, 1.165) is 56.4 Å². The summed E-state index contributed by atoms with van der Waals surface area (Å²) in [7, 11) is 0. The molecule has 1 aliphatic heterocycles. The predicted molar refractivity (Wildman–Crippen MR) is 123 cm³/mol. The number of nitrogens with zero attached hydrogens (tertiary/aromatic N) is 2. The van der Waals surface area contributed by atoms with Crippen molar-refractivity contribution in [2.24, 2.45) is 11.8 Å². The van der Waals surface area contributed by atoms with Crippen molar-refractivity contribution in [3.05, 3.63) is 30.5 Å². The maximum absolute atomic E-state index is 12.5. The molecular formula is C24H36N4O2. The van der Waals surface area contributed by atoms with Gasteiger partial charge in [-0.25, -0.2) is 4.79 Å². The van der Waals surface area contributed by atoms with Crippen LogP contribution in [0.25, 0.3) is 10.9 Å². The van der Waals surface area contributed by atoms with Crippen molar-refractivity contribution < 1.29 is 9.59 Å². The number of nitrogens with one attached hydrogen (secondary N) is 2. The van der Waals surface area contributed by atoms with Crippen molar-refractivity contribution in [3.63, 3.8) is 0 Å². The molecule has 1 fully saturated rings. The van der Waals surface area contributed by atoms with Crippen LogP contribution in [-0.2, 0) is 11.3 Å². The van der Waals surface area contributed by atoms with Gasteiger partial charge in [-0.1, -0.05) is 27.7 Å². The van der Waals surface area contributed by atoms with Gasteiger partial charge in [-0.15, -0.1) is 0 Å². The Balaban J connectivity index is 1.51. The van der Waals surface area contributed by atoms with Crippen molar-refractivity contribution in [1.29, 1.82) is 0 Å². The maximum Gasteiger partial charge on any atom is 0.319 e. The lowest BCUT2D eigenvalue weighted by Crippen LogP contribution is -2.48. The molecule has 0 radical (unpaired) electrons. The molecular weight excluding hydrogens is 376 g/mol. The Hall–Kier alpha value is -2.50. The Bertz CT molecular complexity index is 861. The molecule has 0 aliphatic carbocycles. The summed E-state index contributed by atoms with van der Waals surface area (Å²) < 4.78 is 2.25. The fourth-order valence-electron chi connectivity index (χ4n) is 4.32. The number of anilines is 1. The average molecular weight is 413 g/mol. The van der Waals surface area contributed by atoms with E-state index in [1.807, 2.05) is 17.0 Å². The molecule has 1 aromatic carbocycles. The molecule has 0 bridgehead atoms. The lowest BCUT2D eigenvalue weighted by atomic mass is 9.98. The third kappa shape index (κ3) is 5.35. The van der Waals surface area contributed by atoms with E-state index in [9.17, 15) is 9.59 Å². The summed E-state index contributed by atoms with van der Waals surface area (Å²) in [6.07, 6.45) is 5.49. The van der Waals surface area contributed by atoms with Crippen molar-refractivity contribution >= 4 is 28.5 Å². The molecule has 30 heavy (non-hydrogen) atoms. The van der Waals surface area contributed by atoms with E-state index >= 15 is 0 Å². The van der Waals surface area contributed by atoms with Crippen molar-refractivity contribution in [2.75, 3.05) is 18.4 Å². The molecule has 6 nitrogen and oxygen atoms in total. The van der Waals surface area contributed by atoms with Crippen LogP contribution in [0.2, 0.25) is 0 Å². The third-order valence-electron chi connectivity index (χ3n) is 6.07. The molecule has 0 unspecified atom stereocenters. The molecule has 164 valence electrons. The minimum atomic E-state index is -0.180. The van der Waals surface area contributed by atoms with E-state index in [-0.39, 0.29) is 23.9 Å². The second-order valence-corrected chi connectivity index (χ2v) is 8.85. The lowest BCUT2D eigenvalue weighted by molar-refractivity contribution is -0.136. The largest absolute Gasteiger partial charge is 0.347 e. The van der Waals surface area contributed by atoms with Gasteiger partial charge in [-0.3, -0.25) is 4.79 Å². The predicted octanol–water partition coefficient (Wildman–Crippen LogP) is 4.85. The highest BCUT2D eigenvalue weighted by atomic mass is 16.2. The Kier molecular flexibility index (Phi) is 7.40. The number of likely N-dealkylation sites (tertiary alicyclic amines) is 1. The number of urea groups is 1. The summed E-state index contributed by atoms with van der Waals surface area (Å²) in [5, 5.41) is 7.16. The van der Waals surface area contributed by atoms with Gasteiger partial charge in [0.15, 0.2) is 0 Å². The third-order valence-corrected chi connectivity index (χ3v) is 6.07. The second kappa shape index (κ2) is 10.0. The van der Waals surface area contributed by atoms with Gasteiger partial charge in [0.1, 0.15) is 0 Å². The summed E-state index contributed by atoms with van der Waals surface area (Å²) in [5.41, 5.74) is 1.98. The zero-order valence-corrected chi connectivity index (χ0v) is 18.8. The van der Waals surface area contributed by atoms with E-state index in [4.69, 9.17) is 0 Å². The maximum atomic E-state index is 12.5. The van der Waals surface area contributed by atoms with Crippen LogP contribution in [-0.4, -0.2) is 40.5 Å². The summed E-state index contributed by atoms with van der Waals surface area (Å²) >= 11 is 0. The minimum Gasteiger partial charge on any atom is -0.347 e. The Morgan fingerprint density at radius 1 is 1.10 bits per heavy atom. The topological polar surface area (TPSA) is 66.4 Å². The number of aromatic nitrogens is 1. The Morgan fingerprint density at radius 3 is 2.43 bits per heavy atom. The number of carbonyl (C=O) groups excluding carboxylic acids is 2. The zero-order valence-electron chi connectivity index (χ0n) is 18.8. The van der Waals surface area contributed by atoms with Crippen molar-refractivity contribution in [1.82, 2.24) is 14.8 Å². The van der Waals surface area contributed by atoms with Crippen LogP contribution in [0.4, 0.5) is 10.5 Å². The fraction of sp³-hybridized carbons (Fsp3) is 0.583. The highest BCUT2D eigenvalue weighted by Crippen LogP contribution is 2.22. The van der Waals surface area contributed by atoms with Crippen molar-refractivity contribution in [2.45, 2.75) is 66.0 Å². The fourth-order valence-corrected chi connectivity index (χ4v) is 4.32. The molecule has 0 saturated carbocycles. The quantitative estimate of drug-likeness (QED) is 0.683. The number of benzene rings is 1. The first-order valence-corrected chi connectivity index (χ1v) is 11.4. The number of piperidine rings is 1. The van der Waals surface area contributed by atoms with Gasteiger partial charge in [0, 0.05) is 54.4 Å². The van der Waals surface area contributed by atoms with E-state index in [1.54, 1.807) is 0 Å². The SMILES string of the molecule is CCC(CC)C(=O)N1CCC(NC(=O)Nc2ccc3c(ccn3CC(C)C)c2)CC1. The summed E-state index contributed by atoms with van der Waals surface area (Å²) in [5.74, 6) is 0.976. The van der Waals surface area contributed by atoms with Gasteiger partial charge < -0.3 is 20.1 Å². The van der Waals surface area contributed by atoms with Crippen molar-refractivity contribution in [3.8, 4) is 0 Å². The zero-order chi connectivity index (χ0) is 21.7. The average Bonchev–Trinajstić information content (AvgIpc) is 3.10. The highest BCUT2D eigenvalue weighted by Gasteiger charge is 2.27. The molecule has 0 spiro atoms. The van der Waals surface area contributed by atoms with Crippen LogP contribution in [0.1, 0.15) is 53.4 Å². The van der Waals surface area contributed by atoms with Crippen LogP contribution < -0.4 is 10.6 Å². The highest BCUT2D eigenvalue weighted by molar-refractivity contribution is 5.93. The number of carbonyl (C=O) groups is 2.